The Labute approximate surface area is 190 Å². The number of phenols is 1. The SMILES string of the molecule is COc1cc(ON2CCc3ccccc3C2)ccc1/C=N/NC(=O)c1ccc(O)c(Cl)c1. The molecule has 164 valence electrons. The van der Waals surface area contributed by atoms with Gasteiger partial charge in [0.15, 0.2) is 5.75 Å². The molecule has 8 heteroatoms. The van der Waals surface area contributed by atoms with Gasteiger partial charge in [0.25, 0.3) is 5.91 Å². The number of amides is 1. The zero-order chi connectivity index (χ0) is 22.5. The van der Waals surface area contributed by atoms with Gasteiger partial charge in [-0.2, -0.15) is 5.10 Å². The van der Waals surface area contributed by atoms with Crippen molar-refractivity contribution < 1.29 is 19.5 Å². The van der Waals surface area contributed by atoms with Crippen LogP contribution in [0.3, 0.4) is 0 Å². The second kappa shape index (κ2) is 9.72. The molecule has 2 N–H and O–H groups in total. The van der Waals surface area contributed by atoms with E-state index in [0.29, 0.717) is 17.1 Å². The summed E-state index contributed by atoms with van der Waals surface area (Å²) in [4.78, 5) is 18.2. The molecule has 3 aromatic carbocycles. The first kappa shape index (κ1) is 21.7. The summed E-state index contributed by atoms with van der Waals surface area (Å²) in [5.74, 6) is 0.673. The smallest absolute Gasteiger partial charge is 0.271 e. The fourth-order valence-electron chi connectivity index (χ4n) is 3.42. The van der Waals surface area contributed by atoms with Gasteiger partial charge in [0, 0.05) is 23.7 Å². The molecule has 3 aromatic rings. The van der Waals surface area contributed by atoms with E-state index in [0.717, 1.165) is 19.5 Å². The van der Waals surface area contributed by atoms with Crippen LogP contribution < -0.4 is 15.0 Å². The second-order valence-electron chi connectivity index (χ2n) is 7.24. The number of carbonyl (C=O) groups is 1. The van der Waals surface area contributed by atoms with Crippen molar-refractivity contribution in [3.05, 3.63) is 87.9 Å². The van der Waals surface area contributed by atoms with E-state index in [1.807, 2.05) is 17.2 Å². The number of nitrogens with one attached hydrogen (secondary N) is 1. The summed E-state index contributed by atoms with van der Waals surface area (Å²) < 4.78 is 5.45. The van der Waals surface area contributed by atoms with Crippen LogP contribution in [-0.2, 0) is 13.0 Å². The molecule has 32 heavy (non-hydrogen) atoms. The monoisotopic (exact) mass is 451 g/mol. The maximum atomic E-state index is 12.2. The molecule has 0 radical (unpaired) electrons. The lowest BCUT2D eigenvalue weighted by atomic mass is 10.0. The number of benzene rings is 3. The van der Waals surface area contributed by atoms with Crippen LogP contribution in [0.25, 0.3) is 0 Å². The first-order chi connectivity index (χ1) is 15.5. The predicted octanol–water partition coefficient (Wildman–Crippen LogP) is 4.17. The lowest BCUT2D eigenvalue weighted by Gasteiger charge is -2.28. The molecule has 1 aliphatic rings. The normalized spacial score (nSPS) is 13.6. The molecule has 4 rings (SSSR count). The Balaban J connectivity index is 1.40. The molecule has 1 aliphatic heterocycles. The minimum Gasteiger partial charge on any atom is -0.506 e. The summed E-state index contributed by atoms with van der Waals surface area (Å²) in [6.07, 6.45) is 2.42. The van der Waals surface area contributed by atoms with Crippen LogP contribution in [0.2, 0.25) is 5.02 Å². The molecular formula is C24H22ClN3O4. The van der Waals surface area contributed by atoms with Gasteiger partial charge in [-0.15, -0.1) is 5.06 Å². The van der Waals surface area contributed by atoms with Gasteiger partial charge in [-0.3, -0.25) is 4.79 Å². The Kier molecular flexibility index (Phi) is 6.58. The van der Waals surface area contributed by atoms with Crippen LogP contribution >= 0.6 is 11.6 Å². The summed E-state index contributed by atoms with van der Waals surface area (Å²) in [6.45, 7) is 1.52. The van der Waals surface area contributed by atoms with Crippen molar-refractivity contribution in [3.63, 3.8) is 0 Å². The molecule has 0 spiro atoms. The Morgan fingerprint density at radius 2 is 1.97 bits per heavy atom. The molecule has 1 heterocycles. The largest absolute Gasteiger partial charge is 0.506 e. The highest BCUT2D eigenvalue weighted by Gasteiger charge is 2.17. The number of halogens is 1. The number of fused-ring (bicyclic) bond motifs is 1. The van der Waals surface area contributed by atoms with Gasteiger partial charge in [0.1, 0.15) is 11.5 Å². The van der Waals surface area contributed by atoms with Crippen LogP contribution in [0.5, 0.6) is 17.2 Å². The maximum absolute atomic E-state index is 12.2. The van der Waals surface area contributed by atoms with Crippen molar-refractivity contribution in [1.82, 2.24) is 10.5 Å². The third kappa shape index (κ3) is 5.01. The molecule has 0 fully saturated rings. The molecular weight excluding hydrogens is 430 g/mol. The van der Waals surface area contributed by atoms with E-state index in [4.69, 9.17) is 21.2 Å². The third-order valence-electron chi connectivity index (χ3n) is 5.11. The number of hydrogen-bond donors (Lipinski definition) is 2. The van der Waals surface area contributed by atoms with Crippen LogP contribution in [0, 0.1) is 0 Å². The fourth-order valence-corrected chi connectivity index (χ4v) is 3.61. The Bertz CT molecular complexity index is 1170. The van der Waals surface area contributed by atoms with Crippen molar-refractivity contribution >= 4 is 23.7 Å². The Morgan fingerprint density at radius 1 is 1.16 bits per heavy atom. The van der Waals surface area contributed by atoms with Gasteiger partial charge in [-0.1, -0.05) is 35.9 Å². The molecule has 0 unspecified atom stereocenters. The van der Waals surface area contributed by atoms with E-state index in [9.17, 15) is 9.90 Å². The molecule has 1 amide bonds. The van der Waals surface area contributed by atoms with Gasteiger partial charge in [0.2, 0.25) is 0 Å². The number of rotatable bonds is 6. The highest BCUT2D eigenvalue weighted by molar-refractivity contribution is 6.32. The summed E-state index contributed by atoms with van der Waals surface area (Å²) in [6, 6.07) is 17.9. The van der Waals surface area contributed by atoms with E-state index >= 15 is 0 Å². The quantitative estimate of drug-likeness (QED) is 0.434. The average Bonchev–Trinajstić information content (AvgIpc) is 2.81. The average molecular weight is 452 g/mol. The maximum Gasteiger partial charge on any atom is 0.271 e. The zero-order valence-corrected chi connectivity index (χ0v) is 18.2. The van der Waals surface area contributed by atoms with Crippen LogP contribution in [-0.4, -0.2) is 35.9 Å². The van der Waals surface area contributed by atoms with Crippen molar-refractivity contribution in [2.24, 2.45) is 5.10 Å². The van der Waals surface area contributed by atoms with E-state index in [1.165, 1.54) is 35.5 Å². The first-order valence-corrected chi connectivity index (χ1v) is 10.4. The molecule has 0 aliphatic carbocycles. The number of phenolic OH excluding ortho intramolecular Hbond substituents is 1. The van der Waals surface area contributed by atoms with Crippen LogP contribution in [0.1, 0.15) is 27.0 Å². The van der Waals surface area contributed by atoms with E-state index in [-0.39, 0.29) is 16.3 Å². The van der Waals surface area contributed by atoms with Gasteiger partial charge in [-0.25, -0.2) is 5.43 Å². The number of hydrogen-bond acceptors (Lipinski definition) is 6. The highest BCUT2D eigenvalue weighted by atomic mass is 35.5. The van der Waals surface area contributed by atoms with Gasteiger partial charge >= 0.3 is 0 Å². The Hall–Kier alpha value is -3.55. The van der Waals surface area contributed by atoms with E-state index in [1.54, 1.807) is 19.2 Å². The first-order valence-electron chi connectivity index (χ1n) is 10.0. The molecule has 0 saturated carbocycles. The van der Waals surface area contributed by atoms with Crippen molar-refractivity contribution in [2.75, 3.05) is 13.7 Å². The van der Waals surface area contributed by atoms with Crippen LogP contribution in [0.4, 0.5) is 0 Å². The molecule has 0 atom stereocenters. The number of hydroxylamine groups is 2. The number of methoxy groups -OCH3 is 1. The standard InChI is InChI=1S/C24H22ClN3O4/c1-31-23-13-20(32-28-11-10-16-4-2-3-5-19(16)15-28)8-6-18(23)14-26-27-24(30)17-7-9-22(29)21(25)12-17/h2-9,12-14,29H,10-11,15H2,1H3,(H,27,30)/b26-14+. The number of hydrazone groups is 1. The lowest BCUT2D eigenvalue weighted by Crippen LogP contribution is -2.33. The highest BCUT2D eigenvalue weighted by Crippen LogP contribution is 2.26. The van der Waals surface area contributed by atoms with E-state index in [2.05, 4.69) is 28.7 Å². The summed E-state index contributed by atoms with van der Waals surface area (Å²) in [5, 5.41) is 15.5. The van der Waals surface area contributed by atoms with E-state index < -0.39 is 5.91 Å². The number of carbonyl (C=O) groups excluding carboxylic acids is 1. The van der Waals surface area contributed by atoms with Crippen molar-refractivity contribution in [1.29, 1.82) is 0 Å². The number of aromatic hydroxyl groups is 1. The van der Waals surface area contributed by atoms with Gasteiger partial charge < -0.3 is 14.7 Å². The molecule has 7 nitrogen and oxygen atoms in total. The van der Waals surface area contributed by atoms with Crippen molar-refractivity contribution in [2.45, 2.75) is 13.0 Å². The minimum atomic E-state index is -0.451. The topological polar surface area (TPSA) is 83.4 Å². The van der Waals surface area contributed by atoms with Gasteiger partial charge in [-0.05, 0) is 47.9 Å². The Morgan fingerprint density at radius 3 is 2.75 bits per heavy atom. The predicted molar refractivity (Wildman–Crippen MR) is 122 cm³/mol. The fraction of sp³-hybridized carbons (Fsp3) is 0.167. The summed E-state index contributed by atoms with van der Waals surface area (Å²) in [5.41, 5.74) is 6.00. The summed E-state index contributed by atoms with van der Waals surface area (Å²) >= 11 is 5.84. The molecule has 0 aromatic heterocycles. The number of nitrogens with zero attached hydrogens (tertiary/aromatic N) is 2. The number of ether oxygens (including phenoxy) is 1. The molecule has 0 bridgehead atoms. The zero-order valence-electron chi connectivity index (χ0n) is 17.4. The lowest BCUT2D eigenvalue weighted by molar-refractivity contribution is -0.0712. The molecule has 0 saturated heterocycles. The second-order valence-corrected chi connectivity index (χ2v) is 7.65. The summed E-state index contributed by atoms with van der Waals surface area (Å²) in [7, 11) is 1.56. The minimum absolute atomic E-state index is 0.0903. The third-order valence-corrected chi connectivity index (χ3v) is 5.42. The van der Waals surface area contributed by atoms with Crippen molar-refractivity contribution in [3.8, 4) is 17.2 Å². The van der Waals surface area contributed by atoms with Crippen LogP contribution in [0.15, 0.2) is 65.8 Å². The van der Waals surface area contributed by atoms with Gasteiger partial charge in [0.05, 0.1) is 24.9 Å².